The zero-order valence-electron chi connectivity index (χ0n) is 17.6. The van der Waals surface area contributed by atoms with E-state index < -0.39 is 10.0 Å². The molecule has 2 N–H and O–H groups in total. The number of hydrogen-bond donors (Lipinski definition) is 2. The van der Waals surface area contributed by atoms with Gasteiger partial charge in [0.1, 0.15) is 5.75 Å². The highest BCUT2D eigenvalue weighted by Gasteiger charge is 2.32. The fraction of sp³-hybridized carbons (Fsp3) is 0.261. The molecule has 1 saturated heterocycles. The molecule has 166 valence electrons. The standard InChI is InChI=1S/C23H24N4O4S/c1-16-5-7-21(8-6-16)32(30,31)27-11-9-17(10-12-27)23(29)26-19-14-24-22(25-15-19)18-3-2-4-20(28)13-18/h2-8,13-15,17,28H,9-12H2,1H3,(H,26,29). The first kappa shape index (κ1) is 21.9. The van der Waals surface area contributed by atoms with Crippen molar-refractivity contribution in [3.05, 3.63) is 66.5 Å². The maximum Gasteiger partial charge on any atom is 0.243 e. The molecule has 1 aromatic heterocycles. The molecule has 1 aliphatic heterocycles. The molecule has 2 aromatic carbocycles. The Balaban J connectivity index is 1.35. The second-order valence-electron chi connectivity index (χ2n) is 7.83. The molecule has 0 aliphatic carbocycles. The lowest BCUT2D eigenvalue weighted by Gasteiger charge is -2.30. The highest BCUT2D eigenvalue weighted by atomic mass is 32.2. The molecule has 32 heavy (non-hydrogen) atoms. The number of rotatable bonds is 5. The van der Waals surface area contributed by atoms with Crippen molar-refractivity contribution in [2.45, 2.75) is 24.7 Å². The predicted octanol–water partition coefficient (Wildman–Crippen LogP) is 3.20. The van der Waals surface area contributed by atoms with Crippen LogP contribution in [0.5, 0.6) is 5.75 Å². The summed E-state index contributed by atoms with van der Waals surface area (Å²) in [6, 6.07) is 13.4. The maximum atomic E-state index is 12.8. The number of nitrogens with one attached hydrogen (secondary N) is 1. The Hall–Kier alpha value is -3.30. The first-order chi connectivity index (χ1) is 15.3. The molecule has 2 heterocycles. The quantitative estimate of drug-likeness (QED) is 0.615. The number of phenols is 1. The van der Waals surface area contributed by atoms with Gasteiger partial charge in [0.15, 0.2) is 5.82 Å². The molecule has 0 bridgehead atoms. The van der Waals surface area contributed by atoms with E-state index in [1.165, 1.54) is 16.7 Å². The number of carbonyl (C=O) groups is 1. The van der Waals surface area contributed by atoms with Gasteiger partial charge in [-0.3, -0.25) is 4.79 Å². The van der Waals surface area contributed by atoms with Gasteiger partial charge in [0.25, 0.3) is 0 Å². The summed E-state index contributed by atoms with van der Waals surface area (Å²) in [5.74, 6) is 0.101. The van der Waals surface area contributed by atoms with Crippen molar-refractivity contribution in [2.75, 3.05) is 18.4 Å². The van der Waals surface area contributed by atoms with Crippen LogP contribution >= 0.6 is 0 Å². The molecule has 8 nitrogen and oxygen atoms in total. The second kappa shape index (κ2) is 9.05. The lowest BCUT2D eigenvalue weighted by atomic mass is 9.97. The smallest absolute Gasteiger partial charge is 0.243 e. The zero-order valence-corrected chi connectivity index (χ0v) is 18.4. The fourth-order valence-electron chi connectivity index (χ4n) is 3.65. The van der Waals surface area contributed by atoms with Crippen LogP contribution in [-0.2, 0) is 14.8 Å². The van der Waals surface area contributed by atoms with E-state index in [1.54, 1.807) is 48.5 Å². The molecule has 0 unspecified atom stereocenters. The molecule has 4 rings (SSSR count). The van der Waals surface area contributed by atoms with E-state index in [-0.39, 0.29) is 22.5 Å². The van der Waals surface area contributed by atoms with Crippen LogP contribution in [0.3, 0.4) is 0 Å². The molecular formula is C23H24N4O4S. The Morgan fingerprint density at radius 1 is 1.06 bits per heavy atom. The summed E-state index contributed by atoms with van der Waals surface area (Å²) in [6.07, 6.45) is 3.92. The molecular weight excluding hydrogens is 428 g/mol. The number of phenolic OH excluding ortho intramolecular Hbond substituents is 1. The van der Waals surface area contributed by atoms with Crippen LogP contribution in [-0.4, -0.2) is 46.8 Å². The van der Waals surface area contributed by atoms with E-state index in [0.29, 0.717) is 43.0 Å². The van der Waals surface area contributed by atoms with Crippen molar-refractivity contribution in [1.82, 2.24) is 14.3 Å². The summed E-state index contributed by atoms with van der Waals surface area (Å²) >= 11 is 0. The van der Waals surface area contributed by atoms with Crippen LogP contribution in [0.15, 0.2) is 65.8 Å². The van der Waals surface area contributed by atoms with Crippen molar-refractivity contribution < 1.29 is 18.3 Å². The van der Waals surface area contributed by atoms with Gasteiger partial charge >= 0.3 is 0 Å². The Morgan fingerprint density at radius 2 is 1.72 bits per heavy atom. The van der Waals surface area contributed by atoms with E-state index in [0.717, 1.165) is 5.56 Å². The molecule has 0 spiro atoms. The minimum atomic E-state index is -3.56. The number of hydrogen-bond acceptors (Lipinski definition) is 6. The molecule has 1 aliphatic rings. The number of nitrogens with zero attached hydrogens (tertiary/aromatic N) is 3. The fourth-order valence-corrected chi connectivity index (χ4v) is 5.12. The van der Waals surface area contributed by atoms with Crippen molar-refractivity contribution >= 4 is 21.6 Å². The summed E-state index contributed by atoms with van der Waals surface area (Å²) in [5.41, 5.74) is 2.14. The van der Waals surface area contributed by atoms with E-state index >= 15 is 0 Å². The van der Waals surface area contributed by atoms with E-state index in [9.17, 15) is 18.3 Å². The van der Waals surface area contributed by atoms with Crippen molar-refractivity contribution in [2.24, 2.45) is 5.92 Å². The average Bonchev–Trinajstić information content (AvgIpc) is 2.80. The van der Waals surface area contributed by atoms with Crippen molar-refractivity contribution in [1.29, 1.82) is 0 Å². The number of aromatic nitrogens is 2. The Morgan fingerprint density at radius 3 is 2.34 bits per heavy atom. The minimum Gasteiger partial charge on any atom is -0.508 e. The summed E-state index contributed by atoms with van der Waals surface area (Å²) < 4.78 is 27.1. The largest absolute Gasteiger partial charge is 0.508 e. The van der Waals surface area contributed by atoms with Gasteiger partial charge < -0.3 is 10.4 Å². The zero-order chi connectivity index (χ0) is 22.7. The van der Waals surface area contributed by atoms with Gasteiger partial charge in [0.05, 0.1) is 23.0 Å². The van der Waals surface area contributed by atoms with E-state index in [1.807, 2.05) is 6.92 Å². The SMILES string of the molecule is Cc1ccc(S(=O)(=O)N2CCC(C(=O)Nc3cnc(-c4cccc(O)c4)nc3)CC2)cc1. The molecule has 9 heteroatoms. The molecule has 1 amide bonds. The van der Waals surface area contributed by atoms with Gasteiger partial charge in [0, 0.05) is 24.6 Å². The molecule has 0 atom stereocenters. The highest BCUT2D eigenvalue weighted by Crippen LogP contribution is 2.25. The lowest BCUT2D eigenvalue weighted by Crippen LogP contribution is -2.41. The number of aromatic hydroxyl groups is 1. The first-order valence-corrected chi connectivity index (χ1v) is 11.8. The van der Waals surface area contributed by atoms with Crippen LogP contribution in [0.1, 0.15) is 18.4 Å². The van der Waals surface area contributed by atoms with Crippen molar-refractivity contribution in [3.63, 3.8) is 0 Å². The van der Waals surface area contributed by atoms with Gasteiger partial charge in [-0.25, -0.2) is 18.4 Å². The van der Waals surface area contributed by atoms with Gasteiger partial charge in [-0.2, -0.15) is 4.31 Å². The third kappa shape index (κ3) is 4.79. The summed E-state index contributed by atoms with van der Waals surface area (Å²) in [7, 11) is -3.56. The number of carbonyl (C=O) groups excluding carboxylic acids is 1. The lowest BCUT2D eigenvalue weighted by molar-refractivity contribution is -0.120. The number of anilines is 1. The average molecular weight is 453 g/mol. The maximum absolute atomic E-state index is 12.8. The van der Waals surface area contributed by atoms with Gasteiger partial charge in [-0.15, -0.1) is 0 Å². The van der Waals surface area contributed by atoms with Crippen LogP contribution in [0, 0.1) is 12.8 Å². The monoisotopic (exact) mass is 452 g/mol. The Kier molecular flexibility index (Phi) is 6.20. The molecule has 0 saturated carbocycles. The number of amides is 1. The normalized spacial score (nSPS) is 15.4. The number of benzene rings is 2. The van der Waals surface area contributed by atoms with Crippen molar-refractivity contribution in [3.8, 4) is 17.1 Å². The summed E-state index contributed by atoms with van der Waals surface area (Å²) in [5, 5.41) is 12.4. The third-order valence-electron chi connectivity index (χ3n) is 5.51. The van der Waals surface area contributed by atoms with Crippen LogP contribution < -0.4 is 5.32 Å². The Labute approximate surface area is 187 Å². The van der Waals surface area contributed by atoms with Crippen LogP contribution in [0.25, 0.3) is 11.4 Å². The molecule has 1 fully saturated rings. The number of piperidine rings is 1. The van der Waals surface area contributed by atoms with Gasteiger partial charge in [-0.1, -0.05) is 29.8 Å². The first-order valence-electron chi connectivity index (χ1n) is 10.3. The second-order valence-corrected chi connectivity index (χ2v) is 9.76. The van der Waals surface area contributed by atoms with E-state index in [2.05, 4.69) is 15.3 Å². The third-order valence-corrected chi connectivity index (χ3v) is 7.42. The topological polar surface area (TPSA) is 112 Å². The van der Waals surface area contributed by atoms with Crippen LogP contribution in [0.2, 0.25) is 0 Å². The number of sulfonamides is 1. The summed E-state index contributed by atoms with van der Waals surface area (Å²) in [6.45, 7) is 2.49. The van der Waals surface area contributed by atoms with Gasteiger partial charge in [-0.05, 0) is 44.0 Å². The highest BCUT2D eigenvalue weighted by molar-refractivity contribution is 7.89. The molecule has 3 aromatic rings. The minimum absolute atomic E-state index is 0.124. The summed E-state index contributed by atoms with van der Waals surface area (Å²) in [4.78, 5) is 21.4. The molecule has 0 radical (unpaired) electrons. The van der Waals surface area contributed by atoms with E-state index in [4.69, 9.17) is 0 Å². The van der Waals surface area contributed by atoms with Gasteiger partial charge in [0.2, 0.25) is 15.9 Å². The predicted molar refractivity (Wildman–Crippen MR) is 120 cm³/mol. The Bertz CT molecular complexity index is 1200. The van der Waals surface area contributed by atoms with Crippen LogP contribution in [0.4, 0.5) is 5.69 Å². The number of aryl methyl sites for hydroxylation is 1.